The van der Waals surface area contributed by atoms with E-state index in [0.29, 0.717) is 36.3 Å². The third-order valence-corrected chi connectivity index (χ3v) is 4.24. The smallest absolute Gasteiger partial charge is 0.387 e. The lowest BCUT2D eigenvalue weighted by Crippen LogP contribution is -2.37. The molecule has 3 aromatic rings. The van der Waals surface area contributed by atoms with E-state index in [1.54, 1.807) is 25.3 Å². The van der Waals surface area contributed by atoms with Crippen LogP contribution in [0.3, 0.4) is 0 Å². The van der Waals surface area contributed by atoms with Crippen molar-refractivity contribution >= 4 is 29.9 Å². The Balaban J connectivity index is 0.00000363. The number of aliphatic imine (C=N–C) groups is 1. The summed E-state index contributed by atoms with van der Waals surface area (Å²) in [5.41, 5.74) is 1.42. The van der Waals surface area contributed by atoms with Crippen LogP contribution in [0.1, 0.15) is 18.3 Å². The van der Waals surface area contributed by atoms with Crippen molar-refractivity contribution in [2.24, 2.45) is 4.99 Å². The van der Waals surface area contributed by atoms with Gasteiger partial charge in [0.25, 0.3) is 0 Å². The summed E-state index contributed by atoms with van der Waals surface area (Å²) >= 11 is 0. The number of methoxy groups -OCH3 is 1. The number of hydrogen-bond acceptors (Lipinski definition) is 5. The van der Waals surface area contributed by atoms with Crippen molar-refractivity contribution in [2.45, 2.75) is 26.6 Å². The van der Waals surface area contributed by atoms with Gasteiger partial charge in [-0.3, -0.25) is 5.10 Å². The molecule has 172 valence electrons. The van der Waals surface area contributed by atoms with E-state index in [9.17, 15) is 8.78 Å². The number of nitrogens with zero attached hydrogens (tertiary/aromatic N) is 3. The summed E-state index contributed by atoms with van der Waals surface area (Å²) in [4.78, 5) is 8.92. The van der Waals surface area contributed by atoms with Crippen molar-refractivity contribution in [3.8, 4) is 22.9 Å². The number of alkyl halides is 2. The van der Waals surface area contributed by atoms with Crippen molar-refractivity contribution in [2.75, 3.05) is 13.7 Å². The maximum absolute atomic E-state index is 12.6. The van der Waals surface area contributed by atoms with Crippen LogP contribution in [0, 0.1) is 0 Å². The number of halogens is 3. The van der Waals surface area contributed by atoms with Crippen molar-refractivity contribution in [1.82, 2.24) is 25.8 Å². The van der Waals surface area contributed by atoms with Gasteiger partial charge in [0.2, 0.25) is 0 Å². The molecule has 1 aromatic heterocycles. The molecule has 1 heterocycles. The minimum Gasteiger partial charge on any atom is -0.497 e. The molecule has 8 nitrogen and oxygen atoms in total. The van der Waals surface area contributed by atoms with Gasteiger partial charge < -0.3 is 20.1 Å². The third kappa shape index (κ3) is 7.32. The number of guanidine groups is 1. The molecule has 0 fully saturated rings. The van der Waals surface area contributed by atoms with Gasteiger partial charge in [0, 0.05) is 17.7 Å². The molecule has 0 spiro atoms. The first-order chi connectivity index (χ1) is 15.1. The Morgan fingerprint density at radius 3 is 2.56 bits per heavy atom. The van der Waals surface area contributed by atoms with Crippen LogP contribution in [-0.2, 0) is 13.1 Å². The normalized spacial score (nSPS) is 11.1. The fourth-order valence-corrected chi connectivity index (χ4v) is 2.76. The topological polar surface area (TPSA) is 96.5 Å². The fourth-order valence-electron chi connectivity index (χ4n) is 2.76. The zero-order chi connectivity index (χ0) is 22.1. The lowest BCUT2D eigenvalue weighted by atomic mass is 10.2. The summed E-state index contributed by atoms with van der Waals surface area (Å²) in [6, 6.07) is 14.0. The molecule has 0 radical (unpaired) electrons. The number of aromatic amines is 1. The SMILES string of the molecule is CCNC(=NCc1ccccc1OC(F)F)NCc1nc(-c2ccc(OC)cc2)n[nH]1.I. The van der Waals surface area contributed by atoms with E-state index in [1.807, 2.05) is 31.2 Å². The van der Waals surface area contributed by atoms with Crippen LogP contribution in [0.2, 0.25) is 0 Å². The first-order valence-electron chi connectivity index (χ1n) is 9.69. The maximum atomic E-state index is 12.6. The summed E-state index contributed by atoms with van der Waals surface area (Å²) < 4.78 is 34.9. The molecule has 11 heteroatoms. The van der Waals surface area contributed by atoms with E-state index in [1.165, 1.54) is 6.07 Å². The van der Waals surface area contributed by atoms with E-state index in [0.717, 1.165) is 11.3 Å². The molecule has 3 N–H and O–H groups in total. The number of rotatable bonds is 9. The van der Waals surface area contributed by atoms with Gasteiger partial charge in [0.15, 0.2) is 11.8 Å². The van der Waals surface area contributed by atoms with Crippen LogP contribution in [-0.4, -0.2) is 41.4 Å². The highest BCUT2D eigenvalue weighted by atomic mass is 127. The number of H-pyrrole nitrogens is 1. The Hall–Kier alpha value is -2.96. The van der Waals surface area contributed by atoms with E-state index in [-0.39, 0.29) is 36.3 Å². The first-order valence-corrected chi connectivity index (χ1v) is 9.69. The highest BCUT2D eigenvalue weighted by Crippen LogP contribution is 2.21. The molecule has 0 bridgehead atoms. The van der Waals surface area contributed by atoms with Crippen molar-refractivity contribution in [1.29, 1.82) is 0 Å². The summed E-state index contributed by atoms with van der Waals surface area (Å²) in [7, 11) is 1.61. The minimum atomic E-state index is -2.89. The summed E-state index contributed by atoms with van der Waals surface area (Å²) in [5, 5.41) is 13.4. The van der Waals surface area contributed by atoms with E-state index >= 15 is 0 Å². The molecule has 2 aromatic carbocycles. The third-order valence-electron chi connectivity index (χ3n) is 4.24. The highest BCUT2D eigenvalue weighted by molar-refractivity contribution is 14.0. The molecule has 0 saturated heterocycles. The Kier molecular flexibility index (Phi) is 10.1. The second kappa shape index (κ2) is 12.8. The number of nitrogens with one attached hydrogen (secondary N) is 3. The highest BCUT2D eigenvalue weighted by Gasteiger charge is 2.10. The van der Waals surface area contributed by atoms with Crippen molar-refractivity contribution in [3.63, 3.8) is 0 Å². The number of aromatic nitrogens is 3. The first kappa shape index (κ1) is 25.3. The predicted molar refractivity (Wildman–Crippen MR) is 129 cm³/mol. The van der Waals surface area contributed by atoms with Gasteiger partial charge in [0.05, 0.1) is 20.2 Å². The Morgan fingerprint density at radius 2 is 1.88 bits per heavy atom. The van der Waals surface area contributed by atoms with Crippen LogP contribution < -0.4 is 20.1 Å². The Morgan fingerprint density at radius 1 is 1.12 bits per heavy atom. The molecule has 0 unspecified atom stereocenters. The molecule has 0 aliphatic heterocycles. The lowest BCUT2D eigenvalue weighted by Gasteiger charge is -2.12. The molecule has 0 aliphatic rings. The molecule has 0 amide bonds. The van der Waals surface area contributed by atoms with Crippen molar-refractivity contribution in [3.05, 3.63) is 59.9 Å². The van der Waals surface area contributed by atoms with Crippen LogP contribution in [0.4, 0.5) is 8.78 Å². The fraction of sp³-hybridized carbons (Fsp3) is 0.286. The van der Waals surface area contributed by atoms with E-state index in [2.05, 4.69) is 35.5 Å². The van der Waals surface area contributed by atoms with Crippen LogP contribution >= 0.6 is 24.0 Å². The van der Waals surface area contributed by atoms with Crippen LogP contribution in [0.25, 0.3) is 11.4 Å². The minimum absolute atomic E-state index is 0. The number of hydrogen-bond donors (Lipinski definition) is 3. The van der Waals surface area contributed by atoms with Gasteiger partial charge in [-0.1, -0.05) is 18.2 Å². The zero-order valence-electron chi connectivity index (χ0n) is 17.6. The average Bonchev–Trinajstić information content (AvgIpc) is 3.25. The van der Waals surface area contributed by atoms with Gasteiger partial charge >= 0.3 is 6.61 Å². The van der Waals surface area contributed by atoms with Gasteiger partial charge in [-0.2, -0.15) is 13.9 Å². The number of ether oxygens (including phenoxy) is 2. The largest absolute Gasteiger partial charge is 0.497 e. The summed E-state index contributed by atoms with van der Waals surface area (Å²) in [6.07, 6.45) is 0. The van der Waals surface area contributed by atoms with Gasteiger partial charge in [-0.15, -0.1) is 24.0 Å². The molecule has 0 atom stereocenters. The molecule has 0 saturated carbocycles. The Labute approximate surface area is 201 Å². The van der Waals surface area contributed by atoms with Crippen LogP contribution in [0.15, 0.2) is 53.5 Å². The zero-order valence-corrected chi connectivity index (χ0v) is 20.0. The van der Waals surface area contributed by atoms with E-state index in [4.69, 9.17) is 4.74 Å². The molecular formula is C21H25F2IN6O2. The van der Waals surface area contributed by atoms with Crippen LogP contribution in [0.5, 0.6) is 11.5 Å². The quantitative estimate of drug-likeness (QED) is 0.209. The Bertz CT molecular complexity index is 998. The maximum Gasteiger partial charge on any atom is 0.387 e. The van der Waals surface area contributed by atoms with Crippen molar-refractivity contribution < 1.29 is 18.3 Å². The molecule has 0 aliphatic carbocycles. The summed E-state index contributed by atoms with van der Waals surface area (Å²) in [6.45, 7) is 0.203. The standard InChI is InChI=1S/C21H24F2N6O2.HI/c1-3-24-21(25-12-15-6-4-5-7-17(15)31-20(22)23)26-13-18-27-19(29-28-18)14-8-10-16(30-2)11-9-14;/h4-11,20H,3,12-13H2,1-2H3,(H2,24,25,26)(H,27,28,29);1H. The second-order valence-corrected chi connectivity index (χ2v) is 6.37. The number of benzene rings is 2. The molecule has 32 heavy (non-hydrogen) atoms. The number of para-hydroxylation sites is 1. The van der Waals surface area contributed by atoms with E-state index < -0.39 is 6.61 Å². The van der Waals surface area contributed by atoms with Gasteiger partial charge in [-0.05, 0) is 37.3 Å². The lowest BCUT2D eigenvalue weighted by molar-refractivity contribution is -0.0504. The average molecular weight is 558 g/mol. The molecular weight excluding hydrogens is 533 g/mol. The summed E-state index contributed by atoms with van der Waals surface area (Å²) in [5.74, 6) is 2.57. The predicted octanol–water partition coefficient (Wildman–Crippen LogP) is 3.96. The second-order valence-electron chi connectivity index (χ2n) is 6.37. The van der Waals surface area contributed by atoms with Gasteiger partial charge in [0.1, 0.15) is 17.3 Å². The van der Waals surface area contributed by atoms with Gasteiger partial charge in [-0.25, -0.2) is 9.98 Å². The monoisotopic (exact) mass is 558 g/mol. The molecule has 3 rings (SSSR count).